The molecule has 8 nitrogen and oxygen atoms in total. The molecule has 1 aliphatic heterocycles. The van der Waals surface area contributed by atoms with Crippen LogP contribution in [0, 0.1) is 0 Å². The molecule has 1 aromatic rings. The molecule has 0 saturated heterocycles. The molecule has 0 bridgehead atoms. The zero-order valence-electron chi connectivity index (χ0n) is 16.1. The number of para-hydroxylation sites is 1. The van der Waals surface area contributed by atoms with Crippen molar-refractivity contribution in [3.63, 3.8) is 0 Å². The number of benzene rings is 1. The standard InChI is InChI=1S/C19H23BO8/c1-11(21)7-8-16(23)10-15-9-14-5-4-6-17(18(14)28-20(15)25)19(24)27-13(3)26-12(2)22/h4-6,13,15,25H,7-10H2,1-3H3/t13?,15-/m1/s1. The first-order chi connectivity index (χ1) is 13.2. The van der Waals surface area contributed by atoms with E-state index in [4.69, 9.17) is 14.1 Å². The molecule has 1 aromatic carbocycles. The zero-order valence-corrected chi connectivity index (χ0v) is 16.1. The predicted molar refractivity (Wildman–Crippen MR) is 98.7 cm³/mol. The van der Waals surface area contributed by atoms with E-state index < -0.39 is 31.2 Å². The number of carbonyl (C=O) groups excluding carboxylic acids is 4. The number of hydrogen-bond donors (Lipinski definition) is 1. The van der Waals surface area contributed by atoms with Gasteiger partial charge in [-0.1, -0.05) is 12.1 Å². The van der Waals surface area contributed by atoms with Gasteiger partial charge in [0, 0.05) is 38.9 Å². The number of fused-ring (bicyclic) bond motifs is 1. The van der Waals surface area contributed by atoms with Crippen LogP contribution in [-0.2, 0) is 30.3 Å². The van der Waals surface area contributed by atoms with Crippen LogP contribution in [0.25, 0.3) is 0 Å². The van der Waals surface area contributed by atoms with E-state index in [1.807, 2.05) is 0 Å². The Morgan fingerprint density at radius 1 is 1.21 bits per heavy atom. The first kappa shape index (κ1) is 21.6. The van der Waals surface area contributed by atoms with Gasteiger partial charge in [0.1, 0.15) is 22.9 Å². The van der Waals surface area contributed by atoms with Crippen LogP contribution in [0.4, 0.5) is 0 Å². The topological polar surface area (TPSA) is 116 Å². The van der Waals surface area contributed by atoms with Crippen LogP contribution in [0.5, 0.6) is 5.75 Å². The summed E-state index contributed by atoms with van der Waals surface area (Å²) >= 11 is 0. The fraction of sp³-hybridized carbons (Fsp3) is 0.474. The van der Waals surface area contributed by atoms with Crippen molar-refractivity contribution in [1.82, 2.24) is 0 Å². The van der Waals surface area contributed by atoms with E-state index in [9.17, 15) is 24.2 Å². The van der Waals surface area contributed by atoms with E-state index in [0.717, 1.165) is 0 Å². The monoisotopic (exact) mass is 390 g/mol. The first-order valence-electron chi connectivity index (χ1n) is 9.03. The average molecular weight is 390 g/mol. The Hall–Kier alpha value is -2.68. The minimum atomic E-state index is -1.27. The van der Waals surface area contributed by atoms with Crippen LogP contribution < -0.4 is 4.65 Å². The summed E-state index contributed by atoms with van der Waals surface area (Å²) in [5.74, 6) is -1.82. The summed E-state index contributed by atoms with van der Waals surface area (Å²) in [6, 6.07) is 4.86. The summed E-state index contributed by atoms with van der Waals surface area (Å²) in [5, 5.41) is 10.3. The quantitative estimate of drug-likeness (QED) is 0.406. The van der Waals surface area contributed by atoms with Gasteiger partial charge in [-0.2, -0.15) is 0 Å². The zero-order chi connectivity index (χ0) is 20.8. The van der Waals surface area contributed by atoms with Crippen molar-refractivity contribution in [2.75, 3.05) is 0 Å². The highest BCUT2D eigenvalue weighted by molar-refractivity contribution is 6.47. The fourth-order valence-electron chi connectivity index (χ4n) is 3.00. The normalized spacial score (nSPS) is 16.4. The Labute approximate surface area is 163 Å². The highest BCUT2D eigenvalue weighted by Crippen LogP contribution is 2.36. The molecule has 9 heteroatoms. The Bertz CT molecular complexity index is 775. The molecule has 2 atom stereocenters. The molecule has 0 spiro atoms. The van der Waals surface area contributed by atoms with Gasteiger partial charge in [-0.3, -0.25) is 9.59 Å². The van der Waals surface area contributed by atoms with Crippen LogP contribution in [0.3, 0.4) is 0 Å². The van der Waals surface area contributed by atoms with Gasteiger partial charge in [-0.05, 0) is 25.0 Å². The van der Waals surface area contributed by atoms with Gasteiger partial charge in [-0.15, -0.1) is 0 Å². The molecule has 28 heavy (non-hydrogen) atoms. The van der Waals surface area contributed by atoms with Crippen molar-refractivity contribution in [3.05, 3.63) is 29.3 Å². The minimum absolute atomic E-state index is 0.0646. The van der Waals surface area contributed by atoms with Crippen LogP contribution in [0.1, 0.15) is 56.0 Å². The van der Waals surface area contributed by atoms with Crippen molar-refractivity contribution >= 4 is 30.6 Å². The lowest BCUT2D eigenvalue weighted by atomic mass is 9.64. The van der Waals surface area contributed by atoms with Crippen molar-refractivity contribution in [2.24, 2.45) is 0 Å². The Morgan fingerprint density at radius 2 is 1.93 bits per heavy atom. The van der Waals surface area contributed by atoms with Gasteiger partial charge in [0.15, 0.2) is 0 Å². The number of ether oxygens (including phenoxy) is 2. The largest absolute Gasteiger partial charge is 0.535 e. The third kappa shape index (κ3) is 5.92. The fourth-order valence-corrected chi connectivity index (χ4v) is 3.00. The third-order valence-corrected chi connectivity index (χ3v) is 4.29. The molecule has 1 heterocycles. The molecule has 0 radical (unpaired) electrons. The predicted octanol–water partition coefficient (Wildman–Crippen LogP) is 1.87. The van der Waals surface area contributed by atoms with E-state index in [1.54, 1.807) is 12.1 Å². The van der Waals surface area contributed by atoms with Crippen molar-refractivity contribution in [2.45, 2.75) is 58.6 Å². The molecule has 1 unspecified atom stereocenters. The minimum Gasteiger partial charge on any atom is -0.535 e. The second-order valence-electron chi connectivity index (χ2n) is 6.79. The summed E-state index contributed by atoms with van der Waals surface area (Å²) in [7, 11) is -1.27. The van der Waals surface area contributed by atoms with Gasteiger partial charge < -0.3 is 23.9 Å². The molecule has 0 fully saturated rings. The highest BCUT2D eigenvalue weighted by Gasteiger charge is 2.38. The lowest BCUT2D eigenvalue weighted by Crippen LogP contribution is -2.36. The number of hydrogen-bond acceptors (Lipinski definition) is 8. The molecule has 0 aromatic heterocycles. The smallest absolute Gasteiger partial charge is 0.526 e. The van der Waals surface area contributed by atoms with Gasteiger partial charge in [0.25, 0.3) is 0 Å². The Balaban J connectivity index is 2.09. The van der Waals surface area contributed by atoms with Crippen molar-refractivity contribution < 1.29 is 38.3 Å². The van der Waals surface area contributed by atoms with Gasteiger partial charge in [0.05, 0.1) is 0 Å². The summed E-state index contributed by atoms with van der Waals surface area (Å²) in [6.45, 7) is 4.03. The van der Waals surface area contributed by atoms with Crippen LogP contribution in [0.15, 0.2) is 18.2 Å². The Kier molecular flexibility index (Phi) is 7.34. The maximum Gasteiger partial charge on any atom is 0.526 e. The van der Waals surface area contributed by atoms with E-state index >= 15 is 0 Å². The molecule has 0 saturated carbocycles. The van der Waals surface area contributed by atoms with Crippen LogP contribution >= 0.6 is 0 Å². The van der Waals surface area contributed by atoms with Crippen LogP contribution in [0.2, 0.25) is 5.82 Å². The summed E-state index contributed by atoms with van der Waals surface area (Å²) in [5.41, 5.74) is 0.751. The van der Waals surface area contributed by atoms with Crippen molar-refractivity contribution in [3.8, 4) is 5.75 Å². The molecule has 0 amide bonds. The number of ketones is 2. The summed E-state index contributed by atoms with van der Waals surface area (Å²) in [6.07, 6.45) is -0.350. The number of rotatable bonds is 8. The molecular weight excluding hydrogens is 367 g/mol. The van der Waals surface area contributed by atoms with Gasteiger partial charge in [-0.25, -0.2) is 4.79 Å². The lowest BCUT2D eigenvalue weighted by Gasteiger charge is -2.28. The van der Waals surface area contributed by atoms with Gasteiger partial charge >= 0.3 is 19.1 Å². The second-order valence-corrected chi connectivity index (χ2v) is 6.79. The Morgan fingerprint density at radius 3 is 2.57 bits per heavy atom. The van der Waals surface area contributed by atoms with Gasteiger partial charge in [0.2, 0.25) is 6.29 Å². The average Bonchev–Trinajstić information content (AvgIpc) is 2.59. The van der Waals surface area contributed by atoms with E-state index in [2.05, 4.69) is 0 Å². The SMILES string of the molecule is CC(=O)CCC(=O)C[C@H]1Cc2cccc(C(=O)OC(C)OC(C)=O)c2OB1O. The van der Waals surface area contributed by atoms with E-state index in [-0.39, 0.29) is 42.1 Å². The lowest BCUT2D eigenvalue weighted by molar-refractivity contribution is -0.162. The molecule has 150 valence electrons. The summed E-state index contributed by atoms with van der Waals surface area (Å²) < 4.78 is 15.4. The third-order valence-electron chi connectivity index (χ3n) is 4.29. The molecule has 2 rings (SSSR count). The molecule has 0 aliphatic carbocycles. The first-order valence-corrected chi connectivity index (χ1v) is 9.03. The second kappa shape index (κ2) is 9.50. The summed E-state index contributed by atoms with van der Waals surface area (Å²) in [4.78, 5) is 46.3. The van der Waals surface area contributed by atoms with E-state index in [1.165, 1.54) is 26.8 Å². The van der Waals surface area contributed by atoms with Crippen LogP contribution in [-0.4, -0.2) is 41.9 Å². The van der Waals surface area contributed by atoms with Crippen molar-refractivity contribution in [1.29, 1.82) is 0 Å². The molecule has 1 aliphatic rings. The maximum atomic E-state index is 12.4. The number of carbonyl (C=O) groups is 4. The van der Waals surface area contributed by atoms with E-state index in [0.29, 0.717) is 12.0 Å². The molecular formula is C19H23BO8. The number of esters is 2. The molecule has 1 N–H and O–H groups in total. The maximum absolute atomic E-state index is 12.4. The number of Topliss-reactive ketones (excluding diaryl/α,β-unsaturated/α-hetero) is 2. The highest BCUT2D eigenvalue weighted by atomic mass is 16.7.